The van der Waals surface area contributed by atoms with Crippen molar-refractivity contribution in [1.29, 1.82) is 0 Å². The molecule has 0 aromatic heterocycles. The van der Waals surface area contributed by atoms with Gasteiger partial charge in [0.25, 0.3) is 0 Å². The van der Waals surface area contributed by atoms with E-state index < -0.39 is 0 Å². The molecule has 0 atom stereocenters. The highest BCUT2D eigenvalue weighted by Gasteiger charge is 2.07. The van der Waals surface area contributed by atoms with Crippen LogP contribution in [0.5, 0.6) is 5.75 Å². The molecule has 0 unspecified atom stereocenters. The molecular formula is C17H28N2O2. The zero-order chi connectivity index (χ0) is 15.8. The lowest BCUT2D eigenvalue weighted by Gasteiger charge is -2.15. The molecule has 0 bridgehead atoms. The van der Waals surface area contributed by atoms with Gasteiger partial charge in [-0.05, 0) is 19.4 Å². The summed E-state index contributed by atoms with van der Waals surface area (Å²) in [6.45, 7) is 7.70. The van der Waals surface area contributed by atoms with E-state index in [1.807, 2.05) is 6.07 Å². The first kappa shape index (κ1) is 17.5. The predicted octanol–water partition coefficient (Wildman–Crippen LogP) is 2.74. The number of hydrogen-bond donors (Lipinski definition) is 1. The van der Waals surface area contributed by atoms with Crippen molar-refractivity contribution >= 4 is 5.91 Å². The van der Waals surface area contributed by atoms with Crippen molar-refractivity contribution in [2.24, 2.45) is 0 Å². The molecule has 118 valence electrons. The fourth-order valence-corrected chi connectivity index (χ4v) is 1.93. The van der Waals surface area contributed by atoms with Crippen LogP contribution in [0.3, 0.4) is 0 Å². The Morgan fingerprint density at radius 2 is 2.05 bits per heavy atom. The summed E-state index contributed by atoms with van der Waals surface area (Å²) in [4.78, 5) is 13.1. The highest BCUT2D eigenvalue weighted by Crippen LogP contribution is 2.20. The lowest BCUT2D eigenvalue weighted by Crippen LogP contribution is -2.23. The molecule has 0 saturated heterocycles. The van der Waals surface area contributed by atoms with Gasteiger partial charge in [0.1, 0.15) is 5.75 Å². The zero-order valence-corrected chi connectivity index (χ0v) is 13.9. The minimum absolute atomic E-state index is 0.143. The van der Waals surface area contributed by atoms with Gasteiger partial charge in [0.05, 0.1) is 6.61 Å². The molecule has 1 N–H and O–H groups in total. The van der Waals surface area contributed by atoms with E-state index in [-0.39, 0.29) is 5.91 Å². The summed E-state index contributed by atoms with van der Waals surface area (Å²) >= 11 is 0. The lowest BCUT2D eigenvalue weighted by molar-refractivity contribution is -0.128. The van der Waals surface area contributed by atoms with Crippen molar-refractivity contribution in [3.8, 4) is 5.75 Å². The van der Waals surface area contributed by atoms with Crippen molar-refractivity contribution in [3.05, 3.63) is 29.3 Å². The van der Waals surface area contributed by atoms with Crippen molar-refractivity contribution in [1.82, 2.24) is 10.2 Å². The third kappa shape index (κ3) is 6.63. The van der Waals surface area contributed by atoms with Crippen LogP contribution in [-0.4, -0.2) is 37.6 Å². The monoisotopic (exact) mass is 292 g/mol. The summed E-state index contributed by atoms with van der Waals surface area (Å²) < 4.78 is 5.84. The van der Waals surface area contributed by atoms with Crippen LogP contribution in [0.1, 0.15) is 37.8 Å². The Labute approximate surface area is 128 Å². The Balaban J connectivity index is 2.51. The van der Waals surface area contributed by atoms with Gasteiger partial charge in [0, 0.05) is 38.7 Å². The molecule has 0 aliphatic heterocycles. The highest BCUT2D eigenvalue weighted by atomic mass is 16.5. The maximum Gasteiger partial charge on any atom is 0.222 e. The van der Waals surface area contributed by atoms with Gasteiger partial charge in [-0.2, -0.15) is 0 Å². The van der Waals surface area contributed by atoms with Crippen LogP contribution in [0.4, 0.5) is 0 Å². The molecule has 0 heterocycles. The Bertz CT molecular complexity index is 456. The molecule has 0 spiro atoms. The number of carbonyl (C=O) groups excluding carboxylic acids is 1. The van der Waals surface area contributed by atoms with Crippen LogP contribution in [0.15, 0.2) is 18.2 Å². The summed E-state index contributed by atoms with van der Waals surface area (Å²) in [6, 6.07) is 6.66. The Hall–Kier alpha value is -1.55. The summed E-state index contributed by atoms with van der Waals surface area (Å²) in [6.07, 6.45) is 1.26. The second-order valence-electron chi connectivity index (χ2n) is 5.89. The van der Waals surface area contributed by atoms with Crippen LogP contribution >= 0.6 is 0 Å². The summed E-state index contributed by atoms with van der Waals surface area (Å²) in [7, 11) is 3.55. The lowest BCUT2D eigenvalue weighted by atomic mass is 10.1. The Morgan fingerprint density at radius 3 is 2.67 bits per heavy atom. The van der Waals surface area contributed by atoms with Crippen molar-refractivity contribution < 1.29 is 9.53 Å². The van der Waals surface area contributed by atoms with Gasteiger partial charge in [-0.25, -0.2) is 0 Å². The molecule has 21 heavy (non-hydrogen) atoms. The minimum Gasteiger partial charge on any atom is -0.493 e. The van der Waals surface area contributed by atoms with Gasteiger partial charge in [0.2, 0.25) is 5.91 Å². The maximum atomic E-state index is 11.5. The van der Waals surface area contributed by atoms with Gasteiger partial charge < -0.3 is 15.0 Å². The van der Waals surface area contributed by atoms with Crippen LogP contribution in [0, 0.1) is 6.92 Å². The molecule has 0 saturated carbocycles. The van der Waals surface area contributed by atoms with E-state index in [1.165, 1.54) is 11.1 Å². The third-order valence-electron chi connectivity index (χ3n) is 3.21. The normalized spacial score (nSPS) is 10.8. The van der Waals surface area contributed by atoms with Gasteiger partial charge in [-0.3, -0.25) is 4.79 Å². The van der Waals surface area contributed by atoms with Crippen LogP contribution in [0.25, 0.3) is 0 Å². The molecule has 0 fully saturated rings. The molecule has 1 aromatic rings. The second kappa shape index (κ2) is 8.67. The minimum atomic E-state index is 0.143. The average Bonchev–Trinajstić information content (AvgIpc) is 2.42. The summed E-state index contributed by atoms with van der Waals surface area (Å²) in [5.41, 5.74) is 2.40. The topological polar surface area (TPSA) is 41.6 Å². The smallest absolute Gasteiger partial charge is 0.222 e. The SMILES string of the molecule is Cc1ccc(OCCCC(=O)N(C)C)c(CNC(C)C)c1. The summed E-state index contributed by atoms with van der Waals surface area (Å²) in [5.74, 6) is 1.05. The summed E-state index contributed by atoms with van der Waals surface area (Å²) in [5, 5.41) is 3.41. The number of benzene rings is 1. The first-order chi connectivity index (χ1) is 9.90. The molecule has 1 aromatic carbocycles. The van der Waals surface area contributed by atoms with Crippen molar-refractivity contribution in [3.63, 3.8) is 0 Å². The van der Waals surface area contributed by atoms with E-state index in [0.717, 1.165) is 18.7 Å². The van der Waals surface area contributed by atoms with E-state index in [1.54, 1.807) is 19.0 Å². The number of rotatable bonds is 8. The molecule has 0 radical (unpaired) electrons. The standard InChI is InChI=1S/C17H28N2O2/c1-13(2)18-12-15-11-14(3)8-9-16(15)21-10-6-7-17(20)19(4)5/h8-9,11,13,18H,6-7,10,12H2,1-5H3. The number of ether oxygens (including phenoxy) is 1. The largest absolute Gasteiger partial charge is 0.493 e. The fourth-order valence-electron chi connectivity index (χ4n) is 1.93. The predicted molar refractivity (Wildman–Crippen MR) is 86.6 cm³/mol. The van der Waals surface area contributed by atoms with Crippen LogP contribution in [-0.2, 0) is 11.3 Å². The number of aryl methyl sites for hydroxylation is 1. The first-order valence-corrected chi connectivity index (χ1v) is 7.56. The quantitative estimate of drug-likeness (QED) is 0.749. The number of carbonyl (C=O) groups is 1. The molecule has 4 heteroatoms. The van der Waals surface area contributed by atoms with Crippen LogP contribution < -0.4 is 10.1 Å². The number of nitrogens with zero attached hydrogens (tertiary/aromatic N) is 1. The Kier molecular flexibility index (Phi) is 7.23. The molecule has 0 aliphatic carbocycles. The first-order valence-electron chi connectivity index (χ1n) is 7.56. The van der Waals surface area contributed by atoms with E-state index in [0.29, 0.717) is 19.1 Å². The second-order valence-corrected chi connectivity index (χ2v) is 5.89. The molecule has 1 rings (SSSR count). The van der Waals surface area contributed by atoms with Gasteiger partial charge in [-0.1, -0.05) is 31.5 Å². The van der Waals surface area contributed by atoms with E-state index in [9.17, 15) is 4.79 Å². The molecule has 1 amide bonds. The third-order valence-corrected chi connectivity index (χ3v) is 3.21. The van der Waals surface area contributed by atoms with E-state index >= 15 is 0 Å². The molecule has 0 aliphatic rings. The maximum absolute atomic E-state index is 11.5. The fraction of sp³-hybridized carbons (Fsp3) is 0.588. The highest BCUT2D eigenvalue weighted by molar-refractivity contribution is 5.75. The number of hydrogen-bond acceptors (Lipinski definition) is 3. The number of amides is 1. The van der Waals surface area contributed by atoms with Gasteiger partial charge in [0.15, 0.2) is 0 Å². The van der Waals surface area contributed by atoms with Crippen LogP contribution in [0.2, 0.25) is 0 Å². The molecular weight excluding hydrogens is 264 g/mol. The van der Waals surface area contributed by atoms with E-state index in [4.69, 9.17) is 4.74 Å². The van der Waals surface area contributed by atoms with Gasteiger partial charge in [-0.15, -0.1) is 0 Å². The van der Waals surface area contributed by atoms with E-state index in [2.05, 4.69) is 38.2 Å². The number of nitrogens with one attached hydrogen (secondary N) is 1. The molecule has 4 nitrogen and oxygen atoms in total. The Morgan fingerprint density at radius 1 is 1.33 bits per heavy atom. The van der Waals surface area contributed by atoms with Crippen molar-refractivity contribution in [2.75, 3.05) is 20.7 Å². The zero-order valence-electron chi connectivity index (χ0n) is 13.9. The van der Waals surface area contributed by atoms with Gasteiger partial charge >= 0.3 is 0 Å². The average molecular weight is 292 g/mol. The van der Waals surface area contributed by atoms with Crippen molar-refractivity contribution in [2.45, 2.75) is 46.2 Å².